The number of hydrogen-bond donors (Lipinski definition) is 1. The van der Waals surface area contributed by atoms with Gasteiger partial charge in [-0.25, -0.2) is 0 Å². The summed E-state index contributed by atoms with van der Waals surface area (Å²) in [5, 5.41) is 3.40. The fourth-order valence-electron chi connectivity index (χ4n) is 4.30. The molecule has 3 nitrogen and oxygen atoms in total. The second-order valence-corrected chi connectivity index (χ2v) is 8.31. The molecule has 4 rings (SSSR count). The lowest BCUT2D eigenvalue weighted by Gasteiger charge is -2.39. The van der Waals surface area contributed by atoms with Crippen LogP contribution in [0.5, 0.6) is 0 Å². The fraction of sp³-hybridized carbons (Fsp3) is 0.280. The molecule has 2 aromatic rings. The number of allylic oxidation sites excluding steroid dienone is 4. The molecule has 0 spiro atoms. The van der Waals surface area contributed by atoms with Crippen molar-refractivity contribution in [1.82, 2.24) is 5.32 Å². The van der Waals surface area contributed by atoms with Gasteiger partial charge in [-0.2, -0.15) is 0 Å². The lowest BCUT2D eigenvalue weighted by molar-refractivity contribution is -0.124. The predicted octanol–water partition coefficient (Wildman–Crippen LogP) is 5.17. The summed E-state index contributed by atoms with van der Waals surface area (Å²) in [6, 6.07) is 19.2. The van der Waals surface area contributed by atoms with Crippen molar-refractivity contribution in [3.8, 4) is 0 Å². The second kappa shape index (κ2) is 6.90. The number of nitrogens with one attached hydrogen (secondary N) is 1. The first-order valence-corrected chi connectivity index (χ1v) is 9.80. The van der Waals surface area contributed by atoms with E-state index in [2.05, 4.69) is 5.32 Å². The molecule has 1 aliphatic carbocycles. The van der Waals surface area contributed by atoms with Crippen molar-refractivity contribution in [3.05, 3.63) is 94.3 Å². The van der Waals surface area contributed by atoms with Gasteiger partial charge >= 0.3 is 0 Å². The average Bonchev–Trinajstić information content (AvgIpc) is 2.71. The number of benzene rings is 2. The number of carbonyl (C=O) groups is 2. The first-order valence-electron chi connectivity index (χ1n) is 9.80. The zero-order valence-corrected chi connectivity index (χ0v) is 16.6. The van der Waals surface area contributed by atoms with Crippen LogP contribution < -0.4 is 5.32 Å². The Hall–Kier alpha value is -2.94. The summed E-state index contributed by atoms with van der Waals surface area (Å²) in [5.41, 5.74) is 4.45. The van der Waals surface area contributed by atoms with Crippen LogP contribution >= 0.6 is 0 Å². The van der Waals surface area contributed by atoms with Gasteiger partial charge in [0.2, 0.25) is 0 Å². The Morgan fingerprint density at radius 3 is 2.25 bits per heavy atom. The molecule has 0 amide bonds. The topological polar surface area (TPSA) is 46.2 Å². The highest BCUT2D eigenvalue weighted by Gasteiger charge is 2.44. The summed E-state index contributed by atoms with van der Waals surface area (Å²) < 4.78 is 0. The van der Waals surface area contributed by atoms with Gasteiger partial charge in [-0.05, 0) is 25.3 Å². The first-order chi connectivity index (χ1) is 13.4. The summed E-state index contributed by atoms with van der Waals surface area (Å²) in [6.07, 6.45) is 1.63. The fourth-order valence-corrected chi connectivity index (χ4v) is 4.30. The molecule has 142 valence electrons. The molecule has 1 atom stereocenters. The Labute approximate surface area is 166 Å². The molecule has 0 bridgehead atoms. The molecule has 1 N–H and O–H groups in total. The summed E-state index contributed by atoms with van der Waals surface area (Å²) >= 11 is 0. The van der Waals surface area contributed by atoms with Crippen LogP contribution in [0.25, 0.3) is 0 Å². The Bertz CT molecular complexity index is 997. The maximum atomic E-state index is 13.5. The average molecular weight is 371 g/mol. The standard InChI is InChI=1S/C25H25NO2/c1-16-20(23(27)18-12-8-5-9-13-18)21(17-10-6-4-7-11-17)22-19(26-16)14-15-25(2,3)24(22)28/h4-13,21,26H,14-15H2,1-3H3. The van der Waals surface area contributed by atoms with E-state index in [-0.39, 0.29) is 17.5 Å². The maximum absolute atomic E-state index is 13.5. The van der Waals surface area contributed by atoms with Crippen LogP contribution in [-0.4, -0.2) is 11.6 Å². The van der Waals surface area contributed by atoms with Crippen molar-refractivity contribution in [1.29, 1.82) is 0 Å². The summed E-state index contributed by atoms with van der Waals surface area (Å²) in [5.74, 6) is -0.222. The molecule has 1 heterocycles. The van der Waals surface area contributed by atoms with E-state index in [0.29, 0.717) is 11.1 Å². The lowest BCUT2D eigenvalue weighted by Crippen LogP contribution is -2.40. The molecule has 0 fully saturated rings. The molecule has 1 aliphatic heterocycles. The van der Waals surface area contributed by atoms with Crippen LogP contribution in [0.2, 0.25) is 0 Å². The highest BCUT2D eigenvalue weighted by atomic mass is 16.1. The molecular formula is C25H25NO2. The first kappa shape index (κ1) is 18.4. The number of carbonyl (C=O) groups excluding carboxylic acids is 2. The van der Waals surface area contributed by atoms with Gasteiger partial charge in [0.15, 0.2) is 11.6 Å². The molecule has 0 saturated carbocycles. The highest BCUT2D eigenvalue weighted by molar-refractivity contribution is 6.13. The molecule has 1 unspecified atom stereocenters. The normalized spacial score (nSPS) is 21.2. The summed E-state index contributed by atoms with van der Waals surface area (Å²) in [7, 11) is 0. The second-order valence-electron chi connectivity index (χ2n) is 8.31. The van der Waals surface area contributed by atoms with Crippen LogP contribution in [-0.2, 0) is 4.79 Å². The van der Waals surface area contributed by atoms with Crippen molar-refractivity contribution in [2.24, 2.45) is 5.41 Å². The molecule has 0 radical (unpaired) electrons. The molecule has 0 saturated heterocycles. The van der Waals surface area contributed by atoms with Crippen molar-refractivity contribution >= 4 is 11.6 Å². The zero-order chi connectivity index (χ0) is 19.9. The summed E-state index contributed by atoms with van der Waals surface area (Å²) in [6.45, 7) is 5.95. The van der Waals surface area contributed by atoms with Crippen molar-refractivity contribution in [2.75, 3.05) is 0 Å². The van der Waals surface area contributed by atoms with E-state index in [0.717, 1.165) is 35.4 Å². The van der Waals surface area contributed by atoms with E-state index in [1.54, 1.807) is 0 Å². The van der Waals surface area contributed by atoms with E-state index in [4.69, 9.17) is 0 Å². The van der Waals surface area contributed by atoms with E-state index in [1.807, 2.05) is 81.4 Å². The van der Waals surface area contributed by atoms with Gasteiger partial charge in [0.05, 0.1) is 0 Å². The SMILES string of the molecule is CC1=C(C(=O)c2ccccc2)C(c2ccccc2)C2=C(CCC(C)(C)C2=O)N1. The third-order valence-corrected chi connectivity index (χ3v) is 5.92. The zero-order valence-electron chi connectivity index (χ0n) is 16.6. The van der Waals surface area contributed by atoms with Gasteiger partial charge in [0, 0.05) is 39.4 Å². The van der Waals surface area contributed by atoms with Crippen molar-refractivity contribution in [3.63, 3.8) is 0 Å². The van der Waals surface area contributed by atoms with Crippen LogP contribution in [0.4, 0.5) is 0 Å². The summed E-state index contributed by atoms with van der Waals surface area (Å²) in [4.78, 5) is 26.9. The van der Waals surface area contributed by atoms with Crippen molar-refractivity contribution < 1.29 is 9.59 Å². The number of Topliss-reactive ketones (excluding diaryl/α,β-unsaturated/α-hetero) is 2. The predicted molar refractivity (Wildman–Crippen MR) is 111 cm³/mol. The number of hydrogen-bond acceptors (Lipinski definition) is 3. The van der Waals surface area contributed by atoms with E-state index >= 15 is 0 Å². The minimum absolute atomic E-state index is 0.0258. The number of rotatable bonds is 3. The van der Waals surface area contributed by atoms with Gasteiger partial charge in [-0.1, -0.05) is 74.5 Å². The van der Waals surface area contributed by atoms with Gasteiger partial charge in [0.1, 0.15) is 0 Å². The molecular weight excluding hydrogens is 346 g/mol. The van der Waals surface area contributed by atoms with Crippen LogP contribution in [0, 0.1) is 5.41 Å². The smallest absolute Gasteiger partial charge is 0.191 e. The Morgan fingerprint density at radius 1 is 1.00 bits per heavy atom. The van der Waals surface area contributed by atoms with Gasteiger partial charge in [-0.15, -0.1) is 0 Å². The Kier molecular flexibility index (Phi) is 4.54. The Morgan fingerprint density at radius 2 is 1.61 bits per heavy atom. The minimum atomic E-state index is -0.417. The maximum Gasteiger partial charge on any atom is 0.191 e. The van der Waals surface area contributed by atoms with Gasteiger partial charge < -0.3 is 5.32 Å². The molecule has 28 heavy (non-hydrogen) atoms. The largest absolute Gasteiger partial charge is 0.362 e. The quantitative estimate of drug-likeness (QED) is 0.757. The number of ketones is 2. The van der Waals surface area contributed by atoms with Gasteiger partial charge in [-0.3, -0.25) is 9.59 Å². The Balaban J connectivity index is 1.90. The van der Waals surface area contributed by atoms with Crippen molar-refractivity contribution in [2.45, 2.75) is 39.5 Å². The third kappa shape index (κ3) is 3.01. The molecule has 0 aromatic heterocycles. The number of dihydropyridines is 1. The van der Waals surface area contributed by atoms with Crippen LogP contribution in [0.3, 0.4) is 0 Å². The molecule has 3 heteroatoms. The van der Waals surface area contributed by atoms with Crippen LogP contribution in [0.1, 0.15) is 55.5 Å². The molecule has 2 aliphatic rings. The third-order valence-electron chi connectivity index (χ3n) is 5.92. The lowest BCUT2D eigenvalue weighted by atomic mass is 9.66. The molecule has 2 aromatic carbocycles. The van der Waals surface area contributed by atoms with E-state index in [9.17, 15) is 9.59 Å². The monoisotopic (exact) mass is 371 g/mol. The minimum Gasteiger partial charge on any atom is -0.362 e. The van der Waals surface area contributed by atoms with Crippen LogP contribution in [0.15, 0.2) is 83.2 Å². The highest BCUT2D eigenvalue weighted by Crippen LogP contribution is 2.47. The van der Waals surface area contributed by atoms with E-state index in [1.165, 1.54) is 0 Å². The van der Waals surface area contributed by atoms with E-state index < -0.39 is 5.41 Å². The van der Waals surface area contributed by atoms with Gasteiger partial charge in [0.25, 0.3) is 0 Å².